The van der Waals surface area contributed by atoms with Gasteiger partial charge in [0, 0.05) is 12.6 Å². The predicted molar refractivity (Wildman–Crippen MR) is 151 cm³/mol. The number of hydrogen-bond acceptors (Lipinski definition) is 5. The van der Waals surface area contributed by atoms with Crippen LogP contribution < -0.4 is 14.4 Å². The van der Waals surface area contributed by atoms with E-state index in [-0.39, 0.29) is 24.4 Å². The Morgan fingerprint density at radius 1 is 1.03 bits per heavy atom. The summed E-state index contributed by atoms with van der Waals surface area (Å²) in [5.41, 5.74) is 2.08. The van der Waals surface area contributed by atoms with Gasteiger partial charge in [-0.3, -0.25) is 13.9 Å². The van der Waals surface area contributed by atoms with Gasteiger partial charge in [0.1, 0.15) is 18.3 Å². The van der Waals surface area contributed by atoms with E-state index >= 15 is 0 Å². The quantitative estimate of drug-likeness (QED) is 0.452. The van der Waals surface area contributed by atoms with Gasteiger partial charge in [-0.25, -0.2) is 8.42 Å². The van der Waals surface area contributed by atoms with E-state index in [0.717, 1.165) is 47.4 Å². The standard InChI is InChI=1S/C29H41N3O5S/c1-21(2)26-16-9-10-17-27(26)32(38(5,35)36)20-28(33)31(19-23-12-11-15-25(18-23)37-4)22(3)29(34)30-24-13-7-6-8-14-24/h9-12,15-18,21-22,24H,6-8,13-14,19-20H2,1-5H3,(H,30,34). The fourth-order valence-corrected chi connectivity index (χ4v) is 5.78. The number of sulfonamides is 1. The molecule has 8 nitrogen and oxygen atoms in total. The normalized spacial score (nSPS) is 15.1. The van der Waals surface area contributed by atoms with Crippen LogP contribution in [0.15, 0.2) is 48.5 Å². The summed E-state index contributed by atoms with van der Waals surface area (Å²) < 4.78 is 32.4. The molecule has 1 aliphatic carbocycles. The van der Waals surface area contributed by atoms with Crippen LogP contribution in [0.2, 0.25) is 0 Å². The maximum absolute atomic E-state index is 13.9. The van der Waals surface area contributed by atoms with Gasteiger partial charge in [0.25, 0.3) is 0 Å². The topological polar surface area (TPSA) is 96.0 Å². The molecule has 0 aliphatic heterocycles. The summed E-state index contributed by atoms with van der Waals surface area (Å²) in [6, 6.07) is 13.8. The number of para-hydroxylation sites is 1. The second-order valence-corrected chi connectivity index (χ2v) is 12.3. The van der Waals surface area contributed by atoms with Crippen LogP contribution in [-0.2, 0) is 26.2 Å². The van der Waals surface area contributed by atoms with E-state index in [1.165, 1.54) is 11.3 Å². The first kappa shape index (κ1) is 29.5. The molecule has 2 aromatic carbocycles. The van der Waals surface area contributed by atoms with E-state index in [9.17, 15) is 18.0 Å². The Balaban J connectivity index is 1.93. The maximum Gasteiger partial charge on any atom is 0.244 e. The van der Waals surface area contributed by atoms with Crippen LogP contribution >= 0.6 is 0 Å². The first-order valence-corrected chi connectivity index (χ1v) is 15.2. The van der Waals surface area contributed by atoms with Gasteiger partial charge in [0.15, 0.2) is 0 Å². The average molecular weight is 544 g/mol. The molecule has 3 rings (SSSR count). The van der Waals surface area contributed by atoms with Crippen LogP contribution in [-0.4, -0.2) is 57.1 Å². The lowest BCUT2D eigenvalue weighted by Gasteiger charge is -2.33. The van der Waals surface area contributed by atoms with Crippen LogP contribution in [0.1, 0.15) is 69.9 Å². The molecule has 208 valence electrons. The van der Waals surface area contributed by atoms with Crippen LogP contribution in [0, 0.1) is 0 Å². The lowest BCUT2D eigenvalue weighted by Crippen LogP contribution is -2.53. The molecule has 0 radical (unpaired) electrons. The third-order valence-corrected chi connectivity index (χ3v) is 8.24. The number of hydrogen-bond donors (Lipinski definition) is 1. The summed E-state index contributed by atoms with van der Waals surface area (Å²) in [4.78, 5) is 28.6. The number of amides is 2. The van der Waals surface area contributed by atoms with Gasteiger partial charge in [-0.15, -0.1) is 0 Å². The van der Waals surface area contributed by atoms with Gasteiger partial charge in [-0.1, -0.05) is 63.4 Å². The summed E-state index contributed by atoms with van der Waals surface area (Å²) >= 11 is 0. The molecule has 0 bridgehead atoms. The number of benzene rings is 2. The van der Waals surface area contributed by atoms with E-state index in [1.54, 1.807) is 26.2 Å². The summed E-state index contributed by atoms with van der Waals surface area (Å²) in [5, 5.41) is 3.11. The zero-order chi connectivity index (χ0) is 27.9. The Morgan fingerprint density at radius 2 is 1.71 bits per heavy atom. The lowest BCUT2D eigenvalue weighted by molar-refractivity contribution is -0.139. The molecule has 0 saturated heterocycles. The van der Waals surface area contributed by atoms with Gasteiger partial charge < -0.3 is 15.0 Å². The molecule has 1 saturated carbocycles. The van der Waals surface area contributed by atoms with Crippen LogP contribution in [0.5, 0.6) is 5.75 Å². The minimum Gasteiger partial charge on any atom is -0.497 e. The highest BCUT2D eigenvalue weighted by atomic mass is 32.2. The molecule has 1 aliphatic rings. The Bertz CT molecular complexity index is 1210. The number of carbonyl (C=O) groups excluding carboxylic acids is 2. The molecule has 2 amide bonds. The monoisotopic (exact) mass is 543 g/mol. The summed E-state index contributed by atoms with van der Waals surface area (Å²) in [5.74, 6) is 0.00111. The molecule has 0 heterocycles. The van der Waals surface area contributed by atoms with Gasteiger partial charge >= 0.3 is 0 Å². The fourth-order valence-electron chi connectivity index (χ4n) is 4.92. The SMILES string of the molecule is COc1cccc(CN(C(=O)CN(c2ccccc2C(C)C)S(C)(=O)=O)C(C)C(=O)NC2CCCCC2)c1. The number of rotatable bonds is 11. The minimum atomic E-state index is -3.79. The smallest absolute Gasteiger partial charge is 0.244 e. The van der Waals surface area contributed by atoms with Crippen molar-refractivity contribution < 1.29 is 22.7 Å². The van der Waals surface area contributed by atoms with E-state index in [0.29, 0.717) is 11.4 Å². The number of nitrogens with zero attached hydrogens (tertiary/aromatic N) is 2. The predicted octanol–water partition coefficient (Wildman–Crippen LogP) is 4.45. The largest absolute Gasteiger partial charge is 0.497 e. The Kier molecular flexibility index (Phi) is 10.2. The molecule has 38 heavy (non-hydrogen) atoms. The number of nitrogens with one attached hydrogen (secondary N) is 1. The number of methoxy groups -OCH3 is 1. The Labute approximate surface area is 227 Å². The average Bonchev–Trinajstić information content (AvgIpc) is 2.89. The number of carbonyl (C=O) groups is 2. The van der Waals surface area contributed by atoms with Crippen molar-refractivity contribution in [3.63, 3.8) is 0 Å². The molecule has 2 aromatic rings. The van der Waals surface area contributed by atoms with Crippen molar-refractivity contribution in [1.29, 1.82) is 0 Å². The summed E-state index contributed by atoms with van der Waals surface area (Å²) in [7, 11) is -2.22. The molecule has 0 aromatic heterocycles. The van der Waals surface area contributed by atoms with Gasteiger partial charge in [0.05, 0.1) is 19.1 Å². The molecular formula is C29H41N3O5S. The van der Waals surface area contributed by atoms with Crippen molar-refractivity contribution >= 4 is 27.5 Å². The third-order valence-electron chi connectivity index (χ3n) is 7.11. The van der Waals surface area contributed by atoms with Crippen molar-refractivity contribution in [2.75, 3.05) is 24.2 Å². The van der Waals surface area contributed by atoms with Crippen molar-refractivity contribution in [2.45, 2.75) is 77.4 Å². The van der Waals surface area contributed by atoms with Crippen molar-refractivity contribution in [3.8, 4) is 5.75 Å². The number of ether oxygens (including phenoxy) is 1. The molecular weight excluding hydrogens is 502 g/mol. The maximum atomic E-state index is 13.9. The van der Waals surface area contributed by atoms with Crippen LogP contribution in [0.25, 0.3) is 0 Å². The number of anilines is 1. The summed E-state index contributed by atoms with van der Waals surface area (Å²) in [6.45, 7) is 5.39. The zero-order valence-electron chi connectivity index (χ0n) is 23.1. The van der Waals surface area contributed by atoms with Gasteiger partial charge in [-0.05, 0) is 55.0 Å². The third kappa shape index (κ3) is 7.72. The fraction of sp³-hybridized carbons (Fsp3) is 0.517. The van der Waals surface area contributed by atoms with Crippen LogP contribution in [0.4, 0.5) is 5.69 Å². The molecule has 9 heteroatoms. The first-order chi connectivity index (χ1) is 18.0. The zero-order valence-corrected chi connectivity index (χ0v) is 24.0. The van der Waals surface area contributed by atoms with Crippen molar-refractivity contribution in [2.24, 2.45) is 0 Å². The van der Waals surface area contributed by atoms with E-state index in [4.69, 9.17) is 4.74 Å². The van der Waals surface area contributed by atoms with Gasteiger partial charge in [-0.2, -0.15) is 0 Å². The second-order valence-electron chi connectivity index (χ2n) is 10.4. The molecule has 1 unspecified atom stereocenters. The van der Waals surface area contributed by atoms with Crippen molar-refractivity contribution in [1.82, 2.24) is 10.2 Å². The second kappa shape index (κ2) is 13.1. The highest BCUT2D eigenvalue weighted by Gasteiger charge is 2.32. The lowest BCUT2D eigenvalue weighted by atomic mass is 9.95. The van der Waals surface area contributed by atoms with Crippen molar-refractivity contribution in [3.05, 3.63) is 59.7 Å². The molecule has 1 N–H and O–H groups in total. The molecule has 1 atom stereocenters. The molecule has 0 spiro atoms. The Hall–Kier alpha value is -3.07. The van der Waals surface area contributed by atoms with E-state index in [1.807, 2.05) is 50.2 Å². The Morgan fingerprint density at radius 3 is 2.34 bits per heavy atom. The highest BCUT2D eigenvalue weighted by molar-refractivity contribution is 7.92. The van der Waals surface area contributed by atoms with E-state index < -0.39 is 28.5 Å². The minimum absolute atomic E-state index is 0.0543. The first-order valence-electron chi connectivity index (χ1n) is 13.3. The highest BCUT2D eigenvalue weighted by Crippen LogP contribution is 2.29. The van der Waals surface area contributed by atoms with Crippen LogP contribution in [0.3, 0.4) is 0 Å². The summed E-state index contributed by atoms with van der Waals surface area (Å²) in [6.07, 6.45) is 6.27. The van der Waals surface area contributed by atoms with E-state index in [2.05, 4.69) is 5.32 Å². The molecule has 1 fully saturated rings. The van der Waals surface area contributed by atoms with Gasteiger partial charge in [0.2, 0.25) is 21.8 Å².